The van der Waals surface area contributed by atoms with Crippen LogP contribution in [0.1, 0.15) is 133 Å². The maximum Gasteiger partial charge on any atom is 0.335 e. The van der Waals surface area contributed by atoms with Crippen LogP contribution in [0.25, 0.3) is 6.08 Å². The lowest BCUT2D eigenvalue weighted by molar-refractivity contribution is -0.409. The first-order chi connectivity index (χ1) is 50.7. The molecule has 12 rings (SSSR count). The second-order valence-corrected chi connectivity index (χ2v) is 33.9. The zero-order valence-corrected chi connectivity index (χ0v) is 62.5. The van der Waals surface area contributed by atoms with E-state index in [1.165, 1.54) is 19.9 Å². The Bertz CT molecular complexity index is 3450. The molecule has 5 saturated carbocycles. The Morgan fingerprint density at radius 1 is 0.583 bits per heavy atom. The topological polar surface area (TPSA) is 501 Å². The Morgan fingerprint density at radius 3 is 1.80 bits per heavy atom. The summed E-state index contributed by atoms with van der Waals surface area (Å²) in [6.45, 7) is 16.6. The number of hydrogen-bond donors (Lipinski definition) is 15. The zero-order valence-electron chi connectivity index (χ0n) is 62.5. The first kappa shape index (κ1) is 83.0. The standard InChI is InChI=1S/C75H110O33/c1-12-32(2)61(92)107-58-59(101-43(80)19-18-35-16-14-13-15-17-35)75-40(26-68(58,5)6)74(108-67(75)93)25-21-39-70(9)23-22-41(69(7,8)38(70)20-24-71(39,10)72(74,11)27-42(75)97-34(4)79)100-65-56(106-62-50(87)47(84)45(82)36(28-76)98-62)52(51(88)53(103-65)60(90)91)102-64-55(49(86)46(83)37(29-77)99-64)104-63-54(48(85)44(81)33(3)96-63)105-66-57(89)73(94,30-78)31-95-66/h12-19,33,36-42,44-59,62-67,76-78,81-89,93-94H,20-31H2,1-11H3,(H,90,91)/b19-18+,32-12-/t33-,36+,37+,38?,39?,40?,41-,42+,44-,45-,46-,47-,48+,49-,50+,51-,52-,53-,54+,55+,56+,57-,58-,59-,62-,63-,64-,65+,66-,67+,70-,71+,72-,73+,74-,75+/m0/s1. The van der Waals surface area contributed by atoms with Crippen molar-refractivity contribution in [3.63, 3.8) is 0 Å². The van der Waals surface area contributed by atoms with E-state index in [9.17, 15) is 95.8 Å². The molecule has 608 valence electrons. The van der Waals surface area contributed by atoms with Crippen LogP contribution in [-0.4, -0.2) is 304 Å². The predicted octanol–water partition coefficient (Wildman–Crippen LogP) is -1.15. The Morgan fingerprint density at radius 2 is 1.18 bits per heavy atom. The summed E-state index contributed by atoms with van der Waals surface area (Å²) < 4.78 is 88.7. The minimum atomic E-state index is -2.39. The van der Waals surface area contributed by atoms with Crippen LogP contribution in [0.5, 0.6) is 0 Å². The Balaban J connectivity index is 0.872. The highest BCUT2D eigenvalue weighted by Crippen LogP contribution is 2.82. The van der Waals surface area contributed by atoms with Crippen molar-refractivity contribution in [2.45, 2.75) is 305 Å². The monoisotopic (exact) mass is 1540 g/mol. The van der Waals surface area contributed by atoms with Crippen molar-refractivity contribution in [1.82, 2.24) is 0 Å². The summed E-state index contributed by atoms with van der Waals surface area (Å²) in [7, 11) is 0. The van der Waals surface area contributed by atoms with Crippen LogP contribution in [0.3, 0.4) is 0 Å². The largest absolute Gasteiger partial charge is 0.479 e. The number of ether oxygens (including phenoxy) is 14. The summed E-state index contributed by atoms with van der Waals surface area (Å²) in [5.41, 5.74) is -8.25. The van der Waals surface area contributed by atoms with E-state index >= 15 is 0 Å². The molecule has 11 aliphatic rings. The number of carbonyl (C=O) groups excluding carboxylic acids is 3. The van der Waals surface area contributed by atoms with E-state index in [4.69, 9.17) is 66.3 Å². The number of allylic oxidation sites excluding steroid dienone is 1. The number of benzene rings is 1. The highest BCUT2D eigenvalue weighted by Gasteiger charge is 2.87. The first-order valence-corrected chi connectivity index (χ1v) is 37.4. The van der Waals surface area contributed by atoms with Crippen LogP contribution in [0.15, 0.2) is 48.1 Å². The van der Waals surface area contributed by atoms with Gasteiger partial charge in [-0.2, -0.15) is 0 Å². The molecule has 2 bridgehead atoms. The molecule has 6 aliphatic heterocycles. The van der Waals surface area contributed by atoms with Gasteiger partial charge >= 0.3 is 23.9 Å². The second kappa shape index (κ2) is 30.7. The lowest BCUT2D eigenvalue weighted by Crippen LogP contribution is -2.77. The maximum absolute atomic E-state index is 14.5. The van der Waals surface area contributed by atoms with Gasteiger partial charge in [-0.05, 0) is 112 Å². The van der Waals surface area contributed by atoms with Gasteiger partial charge in [0.15, 0.2) is 49.9 Å². The van der Waals surface area contributed by atoms with Crippen LogP contribution in [0.2, 0.25) is 0 Å². The van der Waals surface area contributed by atoms with E-state index in [1.807, 2.05) is 45.9 Å². The van der Waals surface area contributed by atoms with Crippen LogP contribution in [-0.2, 0) is 85.5 Å². The SMILES string of the molecule is C/C=C(/C)C(=O)O[C@H]1[C@H](OC(=O)/C=C/c2ccccc2)[C@@]23C(CC1(C)C)[C@]1(CCC4[C@@]5(C)CC[C@H](O[C@@H]6O[C@H](C(=O)O)[C@@H](O)[C@H](O[C@@H]7O[C@H](CO)[C@H](O)[C@H](O)[C@H]7O[C@@H]7O[C@@H](C)[C@H](O)[C@@H](O)[C@H]7O[C@@H]7OC[C@](O)(CO)[C@H]7O)[C@H]6O[C@@H]6O[C@H](CO)[C@H](O)[C@H](O)[C@H]6O)C(C)(C)C5CC[C@@]4(C)[C@]1(C)C[C@H]2OC(C)=O)O[C@H]3O. The normalized spacial score (nSPS) is 49.7. The van der Waals surface area contributed by atoms with Gasteiger partial charge in [-0.3, -0.25) is 4.79 Å². The molecule has 11 fully saturated rings. The minimum Gasteiger partial charge on any atom is -0.479 e. The lowest BCUT2D eigenvalue weighted by atomic mass is 9.30. The molecule has 0 aromatic heterocycles. The van der Waals surface area contributed by atoms with Crippen LogP contribution < -0.4 is 0 Å². The van der Waals surface area contributed by atoms with Crippen LogP contribution >= 0.6 is 0 Å². The fourth-order valence-electron chi connectivity index (χ4n) is 21.2. The summed E-state index contributed by atoms with van der Waals surface area (Å²) in [6.07, 6.45) is -42.9. The highest BCUT2D eigenvalue weighted by atomic mass is 16.8. The molecule has 1 aromatic carbocycles. The Kier molecular flexibility index (Phi) is 23.6. The van der Waals surface area contributed by atoms with Gasteiger partial charge in [0, 0.05) is 35.3 Å². The molecule has 15 N–H and O–H groups in total. The summed E-state index contributed by atoms with van der Waals surface area (Å²) in [6, 6.07) is 9.07. The predicted molar refractivity (Wildman–Crippen MR) is 364 cm³/mol. The van der Waals surface area contributed by atoms with Gasteiger partial charge in [0.1, 0.15) is 115 Å². The van der Waals surface area contributed by atoms with E-state index < -0.39 is 266 Å². The molecular formula is C75H110O33. The number of aliphatic hydroxyl groups excluding tert-OH is 13. The lowest BCUT2D eigenvalue weighted by Gasteiger charge is -2.75. The number of hydrogen-bond acceptors (Lipinski definition) is 32. The van der Waals surface area contributed by atoms with Gasteiger partial charge in [-0.1, -0.05) is 84.9 Å². The van der Waals surface area contributed by atoms with Crippen molar-refractivity contribution in [2.75, 3.05) is 26.4 Å². The molecule has 5 aliphatic carbocycles. The van der Waals surface area contributed by atoms with E-state index in [0.717, 1.165) is 0 Å². The molecule has 0 radical (unpaired) electrons. The molecule has 1 spiro atoms. The number of esters is 3. The summed E-state index contributed by atoms with van der Waals surface area (Å²) >= 11 is 0. The Hall–Kier alpha value is -4.42. The van der Waals surface area contributed by atoms with Crippen molar-refractivity contribution >= 4 is 30.0 Å². The average Bonchev–Trinajstić information content (AvgIpc) is 1.40. The van der Waals surface area contributed by atoms with Crippen molar-refractivity contribution in [1.29, 1.82) is 0 Å². The molecule has 3 unspecified atom stereocenters. The van der Waals surface area contributed by atoms with Gasteiger partial charge in [0.2, 0.25) is 0 Å². The van der Waals surface area contributed by atoms with E-state index in [0.29, 0.717) is 37.7 Å². The van der Waals surface area contributed by atoms with E-state index in [1.54, 1.807) is 38.1 Å². The smallest absolute Gasteiger partial charge is 0.335 e. The number of aliphatic carboxylic acids is 1. The van der Waals surface area contributed by atoms with Crippen molar-refractivity contribution in [3.05, 3.63) is 53.6 Å². The average molecular weight is 1540 g/mol. The third-order valence-corrected chi connectivity index (χ3v) is 27.3. The number of carboxylic acids is 1. The van der Waals surface area contributed by atoms with Crippen LogP contribution in [0, 0.1) is 50.2 Å². The first-order valence-electron chi connectivity index (χ1n) is 37.4. The number of carbonyl (C=O) groups is 4. The molecular weight excluding hydrogens is 1430 g/mol. The second-order valence-electron chi connectivity index (χ2n) is 33.9. The molecule has 1 aromatic rings. The Labute approximate surface area is 624 Å². The van der Waals surface area contributed by atoms with Gasteiger partial charge in [-0.15, -0.1) is 0 Å². The van der Waals surface area contributed by atoms with E-state index in [-0.39, 0.29) is 36.7 Å². The van der Waals surface area contributed by atoms with Crippen LogP contribution in [0.4, 0.5) is 0 Å². The number of fused-ring (bicyclic) bond motifs is 4. The summed E-state index contributed by atoms with van der Waals surface area (Å²) in [5.74, 6) is -5.01. The molecule has 0 amide bonds. The van der Waals surface area contributed by atoms with E-state index in [2.05, 4.69) is 20.8 Å². The van der Waals surface area contributed by atoms with Crippen molar-refractivity contribution in [2.24, 2.45) is 50.2 Å². The molecule has 6 saturated heterocycles. The molecule has 33 heteroatoms. The molecule has 33 nitrogen and oxygen atoms in total. The molecule has 36 atom stereocenters. The van der Waals surface area contributed by atoms with Gasteiger partial charge in [0.05, 0.1) is 44.2 Å². The molecule has 108 heavy (non-hydrogen) atoms. The maximum atomic E-state index is 14.5. The van der Waals surface area contributed by atoms with Crippen molar-refractivity contribution < 1.29 is 162 Å². The highest BCUT2D eigenvalue weighted by molar-refractivity contribution is 5.88. The third-order valence-electron chi connectivity index (χ3n) is 27.3. The fourth-order valence-corrected chi connectivity index (χ4v) is 21.2. The fraction of sp³-hybridized carbons (Fsp3) is 0.813. The van der Waals surface area contributed by atoms with Gasteiger partial charge < -0.3 is 143 Å². The van der Waals surface area contributed by atoms with Crippen molar-refractivity contribution in [3.8, 4) is 0 Å². The van der Waals surface area contributed by atoms with Gasteiger partial charge in [0.25, 0.3) is 0 Å². The summed E-state index contributed by atoms with van der Waals surface area (Å²) in [5, 5.41) is 169. The quantitative estimate of drug-likeness (QED) is 0.0317. The number of rotatable bonds is 20. The third kappa shape index (κ3) is 13.6. The van der Waals surface area contributed by atoms with Gasteiger partial charge in [-0.25, -0.2) is 14.4 Å². The summed E-state index contributed by atoms with van der Waals surface area (Å²) in [4.78, 5) is 55.9. The molecule has 6 heterocycles. The zero-order chi connectivity index (χ0) is 78.8. The minimum absolute atomic E-state index is 0.119. The number of aliphatic hydroxyl groups is 14. The number of carboxylic acid groups (broad SMARTS) is 1.